The molecule has 0 bridgehead atoms. The maximum atomic E-state index is 11.2. The Morgan fingerprint density at radius 3 is 2.60 bits per heavy atom. The molecule has 0 fully saturated rings. The highest BCUT2D eigenvalue weighted by molar-refractivity contribution is 6.40. The number of anilines is 1. The summed E-state index contributed by atoms with van der Waals surface area (Å²) in [5.41, 5.74) is 5.45. The molecule has 1 aromatic heterocycles. The minimum atomic E-state index is -0.738. The molecule has 0 aliphatic heterocycles. The van der Waals surface area contributed by atoms with E-state index in [0.29, 0.717) is 0 Å². The largest absolute Gasteiger partial charge is 0.464 e. The predicted octanol–water partition coefficient (Wildman–Crippen LogP) is 1.25. The van der Waals surface area contributed by atoms with Crippen LogP contribution >= 0.6 is 23.2 Å². The van der Waals surface area contributed by atoms with Gasteiger partial charge in [0, 0.05) is 0 Å². The van der Waals surface area contributed by atoms with Gasteiger partial charge in [-0.1, -0.05) is 23.2 Å². The van der Waals surface area contributed by atoms with Gasteiger partial charge >= 0.3 is 5.97 Å². The van der Waals surface area contributed by atoms with E-state index >= 15 is 0 Å². The van der Waals surface area contributed by atoms with Gasteiger partial charge in [0.05, 0.1) is 35.1 Å². The van der Waals surface area contributed by atoms with Crippen molar-refractivity contribution in [2.45, 2.75) is 6.61 Å². The van der Waals surface area contributed by atoms with Crippen LogP contribution in [0, 0.1) is 0 Å². The Bertz CT molecular complexity index is 409. The van der Waals surface area contributed by atoms with Gasteiger partial charge in [0.25, 0.3) is 0 Å². The van der Waals surface area contributed by atoms with E-state index in [-0.39, 0.29) is 27.1 Å². The lowest BCUT2D eigenvalue weighted by Crippen LogP contribution is -2.10. The van der Waals surface area contributed by atoms with Gasteiger partial charge in [0.15, 0.2) is 5.69 Å². The molecule has 0 aliphatic rings. The van der Waals surface area contributed by atoms with Gasteiger partial charge in [-0.25, -0.2) is 9.78 Å². The summed E-state index contributed by atoms with van der Waals surface area (Å²) >= 11 is 11.5. The number of carbonyl (C=O) groups is 1. The molecule has 1 rings (SSSR count). The molecule has 0 unspecified atom stereocenters. The number of hydrogen-bond donors (Lipinski definition) is 2. The van der Waals surface area contributed by atoms with Crippen LogP contribution in [0.25, 0.3) is 0 Å². The summed E-state index contributed by atoms with van der Waals surface area (Å²) in [6.45, 7) is -0.440. The molecule has 1 aromatic rings. The lowest BCUT2D eigenvalue weighted by molar-refractivity contribution is 0.0593. The average Bonchev–Trinajstić information content (AvgIpc) is 2.25. The van der Waals surface area contributed by atoms with Crippen LogP contribution in [0.1, 0.15) is 16.2 Å². The van der Waals surface area contributed by atoms with Crippen molar-refractivity contribution in [2.24, 2.45) is 0 Å². The van der Waals surface area contributed by atoms with Crippen molar-refractivity contribution in [2.75, 3.05) is 12.8 Å². The van der Waals surface area contributed by atoms with Gasteiger partial charge in [0.2, 0.25) is 0 Å². The van der Waals surface area contributed by atoms with E-state index in [2.05, 4.69) is 9.72 Å². The van der Waals surface area contributed by atoms with Gasteiger partial charge in [-0.05, 0) is 0 Å². The molecular weight excluding hydrogens is 243 g/mol. The Morgan fingerprint density at radius 1 is 1.53 bits per heavy atom. The Kier molecular flexibility index (Phi) is 3.73. The average molecular weight is 251 g/mol. The van der Waals surface area contributed by atoms with Gasteiger partial charge in [-0.15, -0.1) is 0 Å². The van der Waals surface area contributed by atoms with Crippen LogP contribution in [-0.2, 0) is 11.3 Å². The molecule has 0 amide bonds. The lowest BCUT2D eigenvalue weighted by Gasteiger charge is -2.09. The van der Waals surface area contributed by atoms with Crippen molar-refractivity contribution in [3.63, 3.8) is 0 Å². The highest BCUT2D eigenvalue weighted by atomic mass is 35.5. The molecule has 15 heavy (non-hydrogen) atoms. The monoisotopic (exact) mass is 250 g/mol. The second kappa shape index (κ2) is 4.65. The van der Waals surface area contributed by atoms with Crippen LogP contribution in [-0.4, -0.2) is 23.2 Å². The van der Waals surface area contributed by atoms with Crippen LogP contribution in [0.3, 0.4) is 0 Å². The molecule has 7 heteroatoms. The summed E-state index contributed by atoms with van der Waals surface area (Å²) in [5.74, 6) is -0.738. The number of methoxy groups -OCH3 is 1. The summed E-state index contributed by atoms with van der Waals surface area (Å²) in [6.07, 6.45) is 0. The van der Waals surface area contributed by atoms with Crippen LogP contribution < -0.4 is 5.73 Å². The van der Waals surface area contributed by atoms with E-state index < -0.39 is 12.6 Å². The normalized spacial score (nSPS) is 10.1. The number of pyridine rings is 1. The third-order valence-electron chi connectivity index (χ3n) is 1.71. The van der Waals surface area contributed by atoms with Crippen molar-refractivity contribution in [1.82, 2.24) is 4.98 Å². The second-order valence-corrected chi connectivity index (χ2v) is 3.35. The zero-order valence-corrected chi connectivity index (χ0v) is 9.26. The third kappa shape index (κ3) is 2.14. The number of rotatable bonds is 2. The first kappa shape index (κ1) is 12.0. The molecular formula is C8H8Cl2N2O3. The molecule has 82 valence electrons. The SMILES string of the molecule is COC(=O)c1nc(CO)c(Cl)c(N)c1Cl. The van der Waals surface area contributed by atoms with Crippen molar-refractivity contribution in [3.8, 4) is 0 Å². The number of ether oxygens (including phenoxy) is 1. The third-order valence-corrected chi connectivity index (χ3v) is 2.51. The first-order chi connectivity index (χ1) is 7.02. The summed E-state index contributed by atoms with van der Waals surface area (Å²) in [6, 6.07) is 0. The zero-order chi connectivity index (χ0) is 11.6. The number of hydrogen-bond acceptors (Lipinski definition) is 5. The van der Waals surface area contributed by atoms with Crippen LogP contribution in [0.4, 0.5) is 5.69 Å². The molecule has 1 heterocycles. The summed E-state index contributed by atoms with van der Waals surface area (Å²) in [4.78, 5) is 15.0. The summed E-state index contributed by atoms with van der Waals surface area (Å²) < 4.78 is 4.45. The molecule has 0 aliphatic carbocycles. The molecule has 5 nitrogen and oxygen atoms in total. The maximum Gasteiger partial charge on any atom is 0.358 e. The van der Waals surface area contributed by atoms with E-state index in [1.54, 1.807) is 0 Å². The van der Waals surface area contributed by atoms with E-state index in [1.807, 2.05) is 0 Å². The van der Waals surface area contributed by atoms with Gasteiger partial charge in [-0.2, -0.15) is 0 Å². The van der Waals surface area contributed by atoms with Crippen molar-refractivity contribution < 1.29 is 14.6 Å². The van der Waals surface area contributed by atoms with Gasteiger partial charge in [0.1, 0.15) is 0 Å². The van der Waals surface area contributed by atoms with E-state index in [0.717, 1.165) is 0 Å². The number of halogens is 2. The second-order valence-electron chi connectivity index (χ2n) is 2.60. The predicted molar refractivity (Wildman–Crippen MR) is 55.9 cm³/mol. The quantitative estimate of drug-likeness (QED) is 0.772. The molecule has 0 radical (unpaired) electrons. The van der Waals surface area contributed by atoms with E-state index in [1.165, 1.54) is 7.11 Å². The number of nitrogens with two attached hydrogens (primary N) is 1. The summed E-state index contributed by atoms with van der Waals surface area (Å²) in [5, 5.41) is 8.87. The fourth-order valence-corrected chi connectivity index (χ4v) is 1.41. The minimum absolute atomic E-state index is 0.00205. The highest BCUT2D eigenvalue weighted by Gasteiger charge is 2.20. The molecule has 0 saturated heterocycles. The highest BCUT2D eigenvalue weighted by Crippen LogP contribution is 2.32. The number of esters is 1. The van der Waals surface area contributed by atoms with E-state index in [9.17, 15) is 4.79 Å². The standard InChI is InChI=1S/C8H8Cl2N2O3/c1-15-8(14)7-5(10)6(11)4(9)3(2-13)12-7/h13H,2H2,1H3,(H2,11,12). The Balaban J connectivity index is 3.41. The van der Waals surface area contributed by atoms with Crippen molar-refractivity contribution >= 4 is 34.9 Å². The summed E-state index contributed by atoms with van der Waals surface area (Å²) in [7, 11) is 1.18. The number of aromatic nitrogens is 1. The minimum Gasteiger partial charge on any atom is -0.464 e. The molecule has 0 aromatic carbocycles. The molecule has 0 spiro atoms. The molecule has 0 atom stereocenters. The first-order valence-electron chi connectivity index (χ1n) is 3.85. The number of nitrogens with zero attached hydrogens (tertiary/aromatic N) is 1. The van der Waals surface area contributed by atoms with Crippen LogP contribution in [0.2, 0.25) is 10.0 Å². The fourth-order valence-electron chi connectivity index (χ4n) is 0.949. The fraction of sp³-hybridized carbons (Fsp3) is 0.250. The topological polar surface area (TPSA) is 85.4 Å². The number of carbonyl (C=O) groups excluding carboxylic acids is 1. The van der Waals surface area contributed by atoms with Crippen molar-refractivity contribution in [3.05, 3.63) is 21.4 Å². The number of nitrogen functional groups attached to an aromatic ring is 1. The lowest BCUT2D eigenvalue weighted by atomic mass is 10.2. The first-order valence-corrected chi connectivity index (χ1v) is 4.61. The van der Waals surface area contributed by atoms with Crippen molar-refractivity contribution in [1.29, 1.82) is 0 Å². The van der Waals surface area contributed by atoms with E-state index in [4.69, 9.17) is 34.0 Å². The molecule has 3 N–H and O–H groups in total. The maximum absolute atomic E-state index is 11.2. The number of aliphatic hydroxyl groups is 1. The zero-order valence-electron chi connectivity index (χ0n) is 7.75. The van der Waals surface area contributed by atoms with Crippen LogP contribution in [0.15, 0.2) is 0 Å². The molecule has 0 saturated carbocycles. The smallest absolute Gasteiger partial charge is 0.358 e. The Morgan fingerprint density at radius 2 is 2.13 bits per heavy atom. The van der Waals surface area contributed by atoms with Gasteiger partial charge in [-0.3, -0.25) is 0 Å². The Labute approximate surface area is 95.8 Å². The van der Waals surface area contributed by atoms with Crippen LogP contribution in [0.5, 0.6) is 0 Å². The number of aliphatic hydroxyl groups excluding tert-OH is 1. The Hall–Kier alpha value is -1.04. The van der Waals surface area contributed by atoms with Gasteiger partial charge < -0.3 is 15.6 Å².